The van der Waals surface area contributed by atoms with Crippen molar-refractivity contribution in [3.05, 3.63) is 0 Å². The van der Waals surface area contributed by atoms with Gasteiger partial charge in [0.25, 0.3) is 0 Å². The predicted molar refractivity (Wildman–Crippen MR) is 240 cm³/mol. The summed E-state index contributed by atoms with van der Waals surface area (Å²) in [7, 11) is 0. The monoisotopic (exact) mass is 931 g/mol. The number of rotatable bonds is 35. The van der Waals surface area contributed by atoms with E-state index >= 15 is 0 Å². The summed E-state index contributed by atoms with van der Waals surface area (Å²) in [6, 6.07) is -1.06. The SMILES string of the molecule is CCCNC(=O)CCCC(=O)NC(COCCC(=O)NCC(C)CC)(COCCC(=O)NCC(C)CC)COCCC(=O)NCC1(C)CC1COC1OC(CO)C(O)C(O)C1NC(C)=O. The van der Waals surface area contributed by atoms with Crippen LogP contribution in [0.5, 0.6) is 0 Å². The molecule has 9 atom stereocenters. The Morgan fingerprint density at radius 2 is 1.25 bits per heavy atom. The molecule has 1 aliphatic heterocycles. The average Bonchev–Trinajstić information content (AvgIpc) is 3.94. The Balaban J connectivity index is 2.05. The number of ether oxygens (including phenoxy) is 5. The highest BCUT2D eigenvalue weighted by Crippen LogP contribution is 2.52. The summed E-state index contributed by atoms with van der Waals surface area (Å²) in [5.41, 5.74) is -1.59. The standard InChI is InChI=1S/C45H82N6O14/c1-8-17-46-35(54)12-11-13-39(58)51-45(27-61-18-14-36(55)47-22-30(4)9-2,28-62-19-15-37(56)48-23-31(5)10-3)29-63-20-16-38(57)49-26-44(7)21-33(44)25-64-43-40(50-32(6)53)42(60)41(59)34(24-52)65-43/h30-31,33-34,40-43,52,59-60H,8-29H2,1-7H3,(H,46,54)(H,47,55)(H,48,56)(H,49,57)(H,50,53)(H,51,58). The van der Waals surface area contributed by atoms with Gasteiger partial charge in [-0.2, -0.15) is 0 Å². The number of aliphatic hydroxyl groups is 3. The Bertz CT molecular complexity index is 1430. The third-order valence-corrected chi connectivity index (χ3v) is 12.0. The Morgan fingerprint density at radius 3 is 1.74 bits per heavy atom. The summed E-state index contributed by atoms with van der Waals surface area (Å²) >= 11 is 0. The molecule has 0 aromatic heterocycles. The number of carbonyl (C=O) groups excluding carboxylic acids is 6. The molecule has 1 saturated carbocycles. The third kappa shape index (κ3) is 22.7. The van der Waals surface area contributed by atoms with Crippen molar-refractivity contribution < 1.29 is 67.8 Å². The van der Waals surface area contributed by atoms with Gasteiger partial charge >= 0.3 is 0 Å². The van der Waals surface area contributed by atoms with Crippen LogP contribution in [-0.2, 0) is 52.5 Å². The number of carbonyl (C=O) groups is 6. The molecule has 9 unspecified atom stereocenters. The molecular weight excluding hydrogens is 849 g/mol. The average molecular weight is 931 g/mol. The minimum Gasteiger partial charge on any atom is -0.394 e. The van der Waals surface area contributed by atoms with Crippen LogP contribution < -0.4 is 31.9 Å². The number of amides is 6. The normalized spacial score (nSPS) is 24.5. The van der Waals surface area contributed by atoms with Gasteiger partial charge in [0.2, 0.25) is 35.4 Å². The Morgan fingerprint density at radius 1 is 0.738 bits per heavy atom. The van der Waals surface area contributed by atoms with Crippen molar-refractivity contribution in [1.82, 2.24) is 31.9 Å². The van der Waals surface area contributed by atoms with Crippen LogP contribution in [0.4, 0.5) is 0 Å². The topological polar surface area (TPSA) is 281 Å². The summed E-state index contributed by atoms with van der Waals surface area (Å²) in [6.07, 6.45) is -1.07. The molecule has 0 aromatic carbocycles. The highest BCUT2D eigenvalue weighted by molar-refractivity contribution is 5.79. The molecule has 2 aliphatic rings. The molecule has 376 valence electrons. The third-order valence-electron chi connectivity index (χ3n) is 12.0. The summed E-state index contributed by atoms with van der Waals surface area (Å²) < 4.78 is 29.6. The van der Waals surface area contributed by atoms with Crippen molar-refractivity contribution in [3.8, 4) is 0 Å². The summed E-state index contributed by atoms with van der Waals surface area (Å²) in [5.74, 6) is -0.956. The van der Waals surface area contributed by atoms with E-state index in [1.165, 1.54) is 6.92 Å². The van der Waals surface area contributed by atoms with E-state index in [4.69, 9.17) is 23.7 Å². The van der Waals surface area contributed by atoms with Gasteiger partial charge in [-0.25, -0.2) is 0 Å². The Kier molecular flexibility index (Phi) is 27.2. The number of hydrogen-bond acceptors (Lipinski definition) is 14. The molecule has 6 amide bonds. The molecule has 2 fully saturated rings. The van der Waals surface area contributed by atoms with Gasteiger partial charge in [0.1, 0.15) is 29.9 Å². The number of hydrogen-bond donors (Lipinski definition) is 9. The molecular formula is C45H82N6O14. The fourth-order valence-electron chi connectivity index (χ4n) is 6.89. The van der Waals surface area contributed by atoms with E-state index in [9.17, 15) is 44.1 Å². The van der Waals surface area contributed by atoms with Crippen molar-refractivity contribution in [2.75, 3.05) is 79.0 Å². The lowest BCUT2D eigenvalue weighted by Crippen LogP contribution is -2.64. The Labute approximate surface area is 385 Å². The minimum absolute atomic E-state index is 0.00380. The molecule has 20 nitrogen and oxygen atoms in total. The lowest BCUT2D eigenvalue weighted by Gasteiger charge is -2.42. The van der Waals surface area contributed by atoms with E-state index in [0.717, 1.165) is 19.3 Å². The molecule has 0 bridgehead atoms. The van der Waals surface area contributed by atoms with Crippen LogP contribution in [0.25, 0.3) is 0 Å². The smallest absolute Gasteiger partial charge is 0.222 e. The zero-order valence-electron chi connectivity index (χ0n) is 40.0. The molecule has 9 N–H and O–H groups in total. The van der Waals surface area contributed by atoms with Crippen molar-refractivity contribution in [3.63, 3.8) is 0 Å². The van der Waals surface area contributed by atoms with Crippen LogP contribution in [0.2, 0.25) is 0 Å². The van der Waals surface area contributed by atoms with Gasteiger partial charge in [-0.05, 0) is 42.4 Å². The fourth-order valence-corrected chi connectivity index (χ4v) is 6.89. The van der Waals surface area contributed by atoms with Crippen LogP contribution in [0.1, 0.15) is 113 Å². The lowest BCUT2D eigenvalue weighted by molar-refractivity contribution is -0.271. The fraction of sp³-hybridized carbons (Fsp3) is 0.867. The molecule has 1 heterocycles. The highest BCUT2D eigenvalue weighted by Gasteiger charge is 2.52. The van der Waals surface area contributed by atoms with Crippen LogP contribution >= 0.6 is 0 Å². The van der Waals surface area contributed by atoms with E-state index in [2.05, 4.69) is 31.9 Å². The second-order valence-corrected chi connectivity index (χ2v) is 18.2. The molecule has 0 spiro atoms. The first-order chi connectivity index (χ1) is 30.9. The van der Waals surface area contributed by atoms with Crippen molar-refractivity contribution >= 4 is 35.4 Å². The summed E-state index contributed by atoms with van der Waals surface area (Å²) in [6.45, 7) is 14.7. The summed E-state index contributed by atoms with van der Waals surface area (Å²) in [4.78, 5) is 75.5. The first-order valence-electron chi connectivity index (χ1n) is 23.5. The largest absolute Gasteiger partial charge is 0.394 e. The van der Waals surface area contributed by atoms with E-state index in [-0.39, 0.29) is 119 Å². The van der Waals surface area contributed by atoms with Gasteiger partial charge < -0.3 is 70.9 Å². The maximum atomic E-state index is 13.4. The van der Waals surface area contributed by atoms with Crippen LogP contribution in [0.3, 0.4) is 0 Å². The van der Waals surface area contributed by atoms with E-state index in [1.54, 1.807) is 0 Å². The lowest BCUT2D eigenvalue weighted by atomic mass is 9.97. The first-order valence-corrected chi connectivity index (χ1v) is 23.5. The van der Waals surface area contributed by atoms with Gasteiger partial charge in [0, 0.05) is 65.2 Å². The van der Waals surface area contributed by atoms with Crippen LogP contribution in [0.15, 0.2) is 0 Å². The highest BCUT2D eigenvalue weighted by atomic mass is 16.7. The zero-order chi connectivity index (χ0) is 48.4. The van der Waals surface area contributed by atoms with E-state index < -0.39 is 48.7 Å². The minimum atomic E-state index is -1.42. The first kappa shape index (κ1) is 57.6. The van der Waals surface area contributed by atoms with Crippen LogP contribution in [0, 0.1) is 23.2 Å². The van der Waals surface area contributed by atoms with Crippen LogP contribution in [-0.4, -0.2) is 166 Å². The van der Waals surface area contributed by atoms with Gasteiger partial charge in [-0.15, -0.1) is 0 Å². The van der Waals surface area contributed by atoms with E-state index in [0.29, 0.717) is 50.9 Å². The van der Waals surface area contributed by atoms with Crippen molar-refractivity contribution in [2.24, 2.45) is 23.2 Å². The second kappa shape index (κ2) is 30.7. The van der Waals surface area contributed by atoms with Crippen molar-refractivity contribution in [1.29, 1.82) is 0 Å². The van der Waals surface area contributed by atoms with Gasteiger partial charge in [-0.1, -0.05) is 54.4 Å². The molecule has 65 heavy (non-hydrogen) atoms. The van der Waals surface area contributed by atoms with E-state index in [1.807, 2.05) is 41.5 Å². The Hall–Kier alpha value is -3.50. The molecule has 0 aromatic rings. The number of nitrogens with one attached hydrogen (secondary N) is 6. The maximum absolute atomic E-state index is 13.4. The summed E-state index contributed by atoms with van der Waals surface area (Å²) in [5, 5.41) is 47.6. The van der Waals surface area contributed by atoms with Gasteiger partial charge in [0.05, 0.1) is 52.9 Å². The number of aliphatic hydroxyl groups excluding tert-OH is 3. The van der Waals surface area contributed by atoms with Gasteiger partial charge in [0.15, 0.2) is 6.29 Å². The molecule has 1 aliphatic carbocycles. The zero-order valence-corrected chi connectivity index (χ0v) is 40.0. The molecule has 2 rings (SSSR count). The quantitative estimate of drug-likeness (QED) is 0.0384. The molecule has 1 saturated heterocycles. The predicted octanol–water partition coefficient (Wildman–Crippen LogP) is 0.185. The van der Waals surface area contributed by atoms with Crippen molar-refractivity contribution in [2.45, 2.75) is 149 Å². The second-order valence-electron chi connectivity index (χ2n) is 18.2. The molecule has 0 radical (unpaired) electrons. The molecule has 20 heteroatoms. The van der Waals surface area contributed by atoms with Gasteiger partial charge in [-0.3, -0.25) is 28.8 Å². The maximum Gasteiger partial charge on any atom is 0.222 e.